The lowest BCUT2D eigenvalue weighted by molar-refractivity contribution is 0.174. The molecular formula is C26H29NO4. The van der Waals surface area contributed by atoms with Gasteiger partial charge in [-0.15, -0.1) is 0 Å². The van der Waals surface area contributed by atoms with Gasteiger partial charge in [0.2, 0.25) is 6.79 Å². The molecule has 1 aliphatic rings. The van der Waals surface area contributed by atoms with Crippen LogP contribution in [0.25, 0.3) is 0 Å². The van der Waals surface area contributed by atoms with Gasteiger partial charge in [0.05, 0.1) is 13.7 Å². The Bertz CT molecular complexity index is 970. The fraction of sp³-hybridized carbons (Fsp3) is 0.308. The van der Waals surface area contributed by atoms with Gasteiger partial charge in [0.25, 0.3) is 0 Å². The van der Waals surface area contributed by atoms with E-state index in [2.05, 4.69) is 41.3 Å². The molecule has 0 saturated heterocycles. The smallest absolute Gasteiger partial charge is 0.231 e. The fourth-order valence-electron chi connectivity index (χ4n) is 3.70. The molecule has 1 heterocycles. The van der Waals surface area contributed by atoms with Crippen LogP contribution in [0, 0.1) is 0 Å². The van der Waals surface area contributed by atoms with Gasteiger partial charge in [0.15, 0.2) is 11.5 Å². The van der Waals surface area contributed by atoms with E-state index < -0.39 is 0 Å². The summed E-state index contributed by atoms with van der Waals surface area (Å²) >= 11 is 0. The average Bonchev–Trinajstić information content (AvgIpc) is 3.27. The maximum absolute atomic E-state index is 5.58. The highest BCUT2D eigenvalue weighted by molar-refractivity contribution is 5.44. The summed E-state index contributed by atoms with van der Waals surface area (Å²) in [5, 5.41) is 0. The van der Waals surface area contributed by atoms with Crippen LogP contribution in [0.4, 0.5) is 0 Å². The molecule has 0 amide bonds. The van der Waals surface area contributed by atoms with E-state index in [1.807, 2.05) is 37.3 Å². The minimum absolute atomic E-state index is 0.306. The topological polar surface area (TPSA) is 40.2 Å². The second kappa shape index (κ2) is 10.2. The van der Waals surface area contributed by atoms with Crippen molar-refractivity contribution in [1.29, 1.82) is 0 Å². The number of ether oxygens (including phenoxy) is 4. The van der Waals surface area contributed by atoms with Crippen LogP contribution in [-0.4, -0.2) is 32.0 Å². The van der Waals surface area contributed by atoms with Crippen molar-refractivity contribution in [2.24, 2.45) is 0 Å². The van der Waals surface area contributed by atoms with Crippen LogP contribution in [-0.2, 0) is 19.5 Å². The SMILES string of the molecule is CCOc1ccc(CN(CCc2ccc3c(c2)OCO3)Cc2ccc(OC)cc2)cc1. The first-order chi connectivity index (χ1) is 15.2. The third-order valence-corrected chi connectivity index (χ3v) is 5.36. The lowest BCUT2D eigenvalue weighted by atomic mass is 10.1. The predicted octanol–water partition coefficient (Wildman–Crippen LogP) is 5.07. The van der Waals surface area contributed by atoms with Gasteiger partial charge in [-0.3, -0.25) is 4.90 Å². The first-order valence-electron chi connectivity index (χ1n) is 10.7. The van der Waals surface area contributed by atoms with E-state index in [-0.39, 0.29) is 0 Å². The van der Waals surface area contributed by atoms with Crippen molar-refractivity contribution in [2.75, 3.05) is 27.1 Å². The first kappa shape index (κ1) is 21.1. The number of rotatable bonds is 10. The maximum Gasteiger partial charge on any atom is 0.231 e. The van der Waals surface area contributed by atoms with E-state index in [1.54, 1.807) is 7.11 Å². The van der Waals surface area contributed by atoms with Crippen molar-refractivity contribution >= 4 is 0 Å². The number of hydrogen-bond donors (Lipinski definition) is 0. The Balaban J connectivity index is 1.45. The molecule has 0 aromatic heterocycles. The molecule has 1 aliphatic heterocycles. The zero-order chi connectivity index (χ0) is 21.5. The molecule has 0 atom stereocenters. The van der Waals surface area contributed by atoms with Crippen molar-refractivity contribution in [3.63, 3.8) is 0 Å². The Kier molecular flexibility index (Phi) is 6.95. The maximum atomic E-state index is 5.58. The Morgan fingerprint density at radius 3 is 2.03 bits per heavy atom. The largest absolute Gasteiger partial charge is 0.497 e. The number of benzene rings is 3. The van der Waals surface area contributed by atoms with E-state index in [0.717, 1.165) is 49.1 Å². The van der Waals surface area contributed by atoms with Crippen molar-refractivity contribution in [3.8, 4) is 23.0 Å². The quantitative estimate of drug-likeness (QED) is 0.459. The lowest BCUT2D eigenvalue weighted by Crippen LogP contribution is -2.25. The molecule has 0 aliphatic carbocycles. The first-order valence-corrected chi connectivity index (χ1v) is 10.7. The molecule has 0 radical (unpaired) electrons. The predicted molar refractivity (Wildman–Crippen MR) is 121 cm³/mol. The van der Waals surface area contributed by atoms with Crippen LogP contribution >= 0.6 is 0 Å². The van der Waals surface area contributed by atoms with Crippen molar-refractivity contribution in [3.05, 3.63) is 83.4 Å². The zero-order valence-electron chi connectivity index (χ0n) is 18.2. The Morgan fingerprint density at radius 2 is 1.39 bits per heavy atom. The molecule has 0 bridgehead atoms. The molecule has 0 saturated carbocycles. The standard InChI is InChI=1S/C26H29NO4/c1-3-29-24-11-6-22(7-12-24)18-27(17-21-4-9-23(28-2)10-5-21)15-14-20-8-13-25-26(16-20)31-19-30-25/h4-13,16H,3,14-15,17-19H2,1-2H3. The summed E-state index contributed by atoms with van der Waals surface area (Å²) in [6, 6.07) is 22.9. The number of nitrogens with zero attached hydrogens (tertiary/aromatic N) is 1. The third-order valence-electron chi connectivity index (χ3n) is 5.36. The summed E-state index contributed by atoms with van der Waals surface area (Å²) in [6.07, 6.45) is 0.934. The Hall–Kier alpha value is -3.18. The van der Waals surface area contributed by atoms with Gasteiger partial charge in [0.1, 0.15) is 11.5 Å². The second-order valence-corrected chi connectivity index (χ2v) is 7.57. The van der Waals surface area contributed by atoms with E-state index in [0.29, 0.717) is 13.4 Å². The van der Waals surface area contributed by atoms with Crippen molar-refractivity contribution in [2.45, 2.75) is 26.4 Å². The average molecular weight is 420 g/mol. The molecule has 0 spiro atoms. The Labute approximate surface area is 184 Å². The fourth-order valence-corrected chi connectivity index (χ4v) is 3.70. The van der Waals surface area contributed by atoms with Gasteiger partial charge >= 0.3 is 0 Å². The van der Waals surface area contributed by atoms with Crippen LogP contribution in [0.15, 0.2) is 66.7 Å². The second-order valence-electron chi connectivity index (χ2n) is 7.57. The lowest BCUT2D eigenvalue weighted by Gasteiger charge is -2.23. The van der Waals surface area contributed by atoms with E-state index in [9.17, 15) is 0 Å². The Morgan fingerprint density at radius 1 is 0.774 bits per heavy atom. The molecule has 5 heteroatoms. The highest BCUT2D eigenvalue weighted by Crippen LogP contribution is 2.32. The van der Waals surface area contributed by atoms with Crippen LogP contribution < -0.4 is 18.9 Å². The van der Waals surface area contributed by atoms with Crippen LogP contribution in [0.5, 0.6) is 23.0 Å². The van der Waals surface area contributed by atoms with Crippen LogP contribution in [0.2, 0.25) is 0 Å². The summed E-state index contributed by atoms with van der Waals surface area (Å²) in [7, 11) is 1.69. The molecular weight excluding hydrogens is 390 g/mol. The van der Waals surface area contributed by atoms with E-state index in [4.69, 9.17) is 18.9 Å². The molecule has 3 aromatic rings. The molecule has 0 fully saturated rings. The van der Waals surface area contributed by atoms with Crippen molar-refractivity contribution < 1.29 is 18.9 Å². The monoisotopic (exact) mass is 419 g/mol. The van der Waals surface area contributed by atoms with Gasteiger partial charge < -0.3 is 18.9 Å². The minimum Gasteiger partial charge on any atom is -0.497 e. The van der Waals surface area contributed by atoms with Gasteiger partial charge in [-0.05, 0) is 66.4 Å². The summed E-state index contributed by atoms with van der Waals surface area (Å²) in [4.78, 5) is 2.46. The van der Waals surface area contributed by atoms with E-state index in [1.165, 1.54) is 16.7 Å². The summed E-state index contributed by atoms with van der Waals surface area (Å²) in [6.45, 7) is 5.64. The van der Waals surface area contributed by atoms with Crippen molar-refractivity contribution in [1.82, 2.24) is 4.90 Å². The highest BCUT2D eigenvalue weighted by Gasteiger charge is 2.14. The molecule has 31 heavy (non-hydrogen) atoms. The van der Waals surface area contributed by atoms with E-state index >= 15 is 0 Å². The summed E-state index contributed by atoms with van der Waals surface area (Å²) < 4.78 is 21.8. The van der Waals surface area contributed by atoms with Gasteiger partial charge in [-0.25, -0.2) is 0 Å². The minimum atomic E-state index is 0.306. The molecule has 5 nitrogen and oxygen atoms in total. The molecule has 3 aromatic carbocycles. The van der Waals surface area contributed by atoms with Gasteiger partial charge in [0, 0.05) is 19.6 Å². The third kappa shape index (κ3) is 5.70. The van der Waals surface area contributed by atoms with Crippen LogP contribution in [0.1, 0.15) is 23.6 Å². The normalized spacial score (nSPS) is 12.2. The van der Waals surface area contributed by atoms with Gasteiger partial charge in [-0.1, -0.05) is 30.3 Å². The van der Waals surface area contributed by atoms with Crippen LogP contribution in [0.3, 0.4) is 0 Å². The van der Waals surface area contributed by atoms with Gasteiger partial charge in [-0.2, -0.15) is 0 Å². The number of hydrogen-bond acceptors (Lipinski definition) is 5. The summed E-state index contributed by atoms with van der Waals surface area (Å²) in [5.74, 6) is 3.45. The zero-order valence-corrected chi connectivity index (χ0v) is 18.2. The summed E-state index contributed by atoms with van der Waals surface area (Å²) in [5.41, 5.74) is 3.77. The molecule has 0 N–H and O–H groups in total. The highest BCUT2D eigenvalue weighted by atomic mass is 16.7. The molecule has 0 unspecified atom stereocenters. The molecule has 4 rings (SSSR count). The number of fused-ring (bicyclic) bond motifs is 1. The number of methoxy groups -OCH3 is 1. The molecule has 162 valence electrons.